The minimum Gasteiger partial charge on any atom is -0.458 e. The predicted molar refractivity (Wildman–Crippen MR) is 78.2 cm³/mol. The van der Waals surface area contributed by atoms with Crippen LogP contribution in [0.4, 0.5) is 5.69 Å². The number of aromatic nitrogens is 2. The van der Waals surface area contributed by atoms with Gasteiger partial charge >= 0.3 is 11.7 Å². The van der Waals surface area contributed by atoms with Crippen molar-refractivity contribution in [2.24, 2.45) is 5.18 Å². The number of nitroso groups, excluding NO2 is 1. The summed E-state index contributed by atoms with van der Waals surface area (Å²) >= 11 is 0. The SMILES string of the molecule is CCOC(=O)c1cc(-c2ccc(N=O)cc2)[nH][n+]1C(C)C. The Morgan fingerprint density at radius 3 is 2.52 bits per heavy atom. The van der Waals surface area contributed by atoms with Crippen molar-refractivity contribution in [3.8, 4) is 11.3 Å². The van der Waals surface area contributed by atoms with Gasteiger partial charge in [-0.15, -0.1) is 9.59 Å². The molecule has 0 aliphatic heterocycles. The maximum atomic E-state index is 12.0. The Hall–Kier alpha value is -2.50. The third-order valence-electron chi connectivity index (χ3n) is 3.07. The van der Waals surface area contributed by atoms with Crippen LogP contribution in [0, 0.1) is 4.91 Å². The molecule has 0 radical (unpaired) electrons. The number of rotatable bonds is 5. The van der Waals surface area contributed by atoms with E-state index in [1.54, 1.807) is 41.9 Å². The van der Waals surface area contributed by atoms with Crippen molar-refractivity contribution >= 4 is 11.7 Å². The molecular weight excluding hydrogens is 270 g/mol. The highest BCUT2D eigenvalue weighted by Crippen LogP contribution is 2.21. The van der Waals surface area contributed by atoms with Crippen LogP contribution in [0.1, 0.15) is 37.3 Å². The van der Waals surface area contributed by atoms with Crippen LogP contribution in [0.15, 0.2) is 35.5 Å². The first kappa shape index (κ1) is 14.9. The van der Waals surface area contributed by atoms with E-state index in [1.807, 2.05) is 13.8 Å². The van der Waals surface area contributed by atoms with Gasteiger partial charge in [-0.3, -0.25) is 0 Å². The molecule has 0 unspecified atom stereocenters. The summed E-state index contributed by atoms with van der Waals surface area (Å²) in [5.74, 6) is -0.361. The third kappa shape index (κ3) is 3.16. The molecule has 6 nitrogen and oxygen atoms in total. The quantitative estimate of drug-likeness (QED) is 0.521. The van der Waals surface area contributed by atoms with Crippen LogP contribution in [0.3, 0.4) is 0 Å². The van der Waals surface area contributed by atoms with Crippen LogP contribution in [0.5, 0.6) is 0 Å². The largest absolute Gasteiger partial charge is 0.458 e. The van der Waals surface area contributed by atoms with E-state index < -0.39 is 0 Å². The van der Waals surface area contributed by atoms with Crippen molar-refractivity contribution in [3.05, 3.63) is 40.9 Å². The van der Waals surface area contributed by atoms with Crippen LogP contribution >= 0.6 is 0 Å². The molecule has 0 atom stereocenters. The van der Waals surface area contributed by atoms with Gasteiger partial charge in [-0.05, 0) is 38.1 Å². The zero-order valence-corrected chi connectivity index (χ0v) is 12.3. The number of ether oxygens (including phenoxy) is 1. The molecule has 0 aliphatic carbocycles. The first-order valence-corrected chi connectivity index (χ1v) is 6.82. The maximum absolute atomic E-state index is 12.0. The summed E-state index contributed by atoms with van der Waals surface area (Å²) in [5.41, 5.74) is 2.49. The van der Waals surface area contributed by atoms with Crippen LogP contribution < -0.4 is 4.68 Å². The summed E-state index contributed by atoms with van der Waals surface area (Å²) in [5, 5.41) is 6.05. The Bertz CT molecular complexity index is 645. The molecule has 21 heavy (non-hydrogen) atoms. The average Bonchev–Trinajstić information content (AvgIpc) is 2.93. The third-order valence-corrected chi connectivity index (χ3v) is 3.07. The van der Waals surface area contributed by atoms with Gasteiger partial charge in [0.15, 0.2) is 6.04 Å². The summed E-state index contributed by atoms with van der Waals surface area (Å²) < 4.78 is 6.83. The topological polar surface area (TPSA) is 75.4 Å². The van der Waals surface area contributed by atoms with Crippen LogP contribution in [-0.4, -0.2) is 17.7 Å². The van der Waals surface area contributed by atoms with Crippen molar-refractivity contribution in [1.29, 1.82) is 0 Å². The fourth-order valence-corrected chi connectivity index (χ4v) is 2.05. The Labute approximate surface area is 122 Å². The summed E-state index contributed by atoms with van der Waals surface area (Å²) in [6.45, 7) is 6.05. The smallest absolute Gasteiger partial charge is 0.406 e. The molecule has 1 N–H and O–H groups in total. The Morgan fingerprint density at radius 1 is 1.33 bits per heavy atom. The summed E-state index contributed by atoms with van der Waals surface area (Å²) in [7, 11) is 0. The number of carbonyl (C=O) groups excluding carboxylic acids is 1. The Morgan fingerprint density at radius 2 is 2.00 bits per heavy atom. The van der Waals surface area contributed by atoms with E-state index in [9.17, 15) is 9.70 Å². The minimum absolute atomic E-state index is 0.0917. The van der Waals surface area contributed by atoms with Crippen LogP contribution in [0.25, 0.3) is 11.3 Å². The van der Waals surface area contributed by atoms with Gasteiger partial charge in [-0.25, -0.2) is 4.79 Å². The first-order chi connectivity index (χ1) is 10.1. The van der Waals surface area contributed by atoms with Gasteiger partial charge in [0.25, 0.3) is 0 Å². The molecular formula is C15H18N3O3+. The molecule has 6 heteroatoms. The molecule has 0 spiro atoms. The van der Waals surface area contributed by atoms with Crippen molar-refractivity contribution in [2.75, 3.05) is 6.61 Å². The summed E-state index contributed by atoms with van der Waals surface area (Å²) in [6.07, 6.45) is 0. The van der Waals surface area contributed by atoms with Crippen LogP contribution in [-0.2, 0) is 4.74 Å². The second kappa shape index (κ2) is 6.30. The number of esters is 1. The molecule has 0 amide bonds. The van der Waals surface area contributed by atoms with Gasteiger partial charge in [0.2, 0.25) is 0 Å². The lowest BCUT2D eigenvalue weighted by atomic mass is 10.1. The molecule has 1 heterocycles. The fourth-order valence-electron chi connectivity index (χ4n) is 2.05. The van der Waals surface area contributed by atoms with E-state index in [0.29, 0.717) is 18.0 Å². The number of nitrogens with zero attached hydrogens (tertiary/aromatic N) is 2. The van der Waals surface area contributed by atoms with Crippen LogP contribution in [0.2, 0.25) is 0 Å². The van der Waals surface area contributed by atoms with Gasteiger partial charge < -0.3 is 4.74 Å². The van der Waals surface area contributed by atoms with Crippen molar-refractivity contribution in [3.63, 3.8) is 0 Å². The van der Waals surface area contributed by atoms with E-state index in [1.165, 1.54) is 0 Å². The molecule has 1 aromatic heterocycles. The van der Waals surface area contributed by atoms with E-state index in [-0.39, 0.29) is 12.0 Å². The van der Waals surface area contributed by atoms with Gasteiger partial charge in [-0.1, -0.05) is 12.1 Å². The first-order valence-electron chi connectivity index (χ1n) is 6.82. The van der Waals surface area contributed by atoms with E-state index >= 15 is 0 Å². The molecule has 0 bridgehead atoms. The number of hydrogen-bond acceptors (Lipinski definition) is 4. The molecule has 2 rings (SSSR count). The molecule has 110 valence electrons. The Kier molecular flexibility index (Phi) is 4.47. The lowest BCUT2D eigenvalue weighted by molar-refractivity contribution is -0.769. The highest BCUT2D eigenvalue weighted by atomic mass is 16.5. The normalized spacial score (nSPS) is 10.7. The standard InChI is InChI=1S/C15H17N3O3/c1-4-21-15(19)14-9-13(16-18(14)10(2)3)11-5-7-12(17-20)8-6-11/h5-10H,4H2,1-3H3/p+1. The molecule has 2 aromatic rings. The van der Waals surface area contributed by atoms with Crippen molar-refractivity contribution in [1.82, 2.24) is 5.10 Å². The lowest BCUT2D eigenvalue weighted by Gasteiger charge is -2.00. The number of aromatic amines is 1. The van der Waals surface area contributed by atoms with Gasteiger partial charge in [-0.2, -0.15) is 5.10 Å². The average molecular weight is 288 g/mol. The Balaban J connectivity index is 2.42. The molecule has 0 aliphatic rings. The number of benzene rings is 1. The summed E-state index contributed by atoms with van der Waals surface area (Å²) in [6, 6.07) is 8.67. The van der Waals surface area contributed by atoms with Crippen molar-refractivity contribution < 1.29 is 14.2 Å². The minimum atomic E-state index is -0.361. The lowest BCUT2D eigenvalue weighted by Crippen LogP contribution is -2.43. The molecule has 1 aromatic carbocycles. The van der Waals surface area contributed by atoms with Gasteiger partial charge in [0.1, 0.15) is 11.4 Å². The number of hydrogen-bond donors (Lipinski definition) is 1. The van der Waals surface area contributed by atoms with E-state index in [0.717, 1.165) is 11.3 Å². The number of carbonyl (C=O) groups is 1. The zero-order chi connectivity index (χ0) is 15.4. The highest BCUT2D eigenvalue weighted by Gasteiger charge is 2.27. The monoisotopic (exact) mass is 288 g/mol. The summed E-state index contributed by atoms with van der Waals surface area (Å²) in [4.78, 5) is 22.4. The molecule has 0 saturated heterocycles. The van der Waals surface area contributed by atoms with E-state index in [4.69, 9.17) is 4.74 Å². The van der Waals surface area contributed by atoms with Gasteiger partial charge in [0, 0.05) is 11.6 Å². The highest BCUT2D eigenvalue weighted by molar-refractivity contribution is 5.87. The fraction of sp³-hybridized carbons (Fsp3) is 0.333. The second-order valence-corrected chi connectivity index (χ2v) is 4.88. The second-order valence-electron chi connectivity index (χ2n) is 4.88. The van der Waals surface area contributed by atoms with Gasteiger partial charge in [0.05, 0.1) is 6.61 Å². The molecule has 0 saturated carbocycles. The van der Waals surface area contributed by atoms with Crippen molar-refractivity contribution in [2.45, 2.75) is 26.8 Å². The zero-order valence-electron chi connectivity index (χ0n) is 12.3. The number of nitrogens with one attached hydrogen (secondary N) is 1. The number of H-pyrrole nitrogens is 1. The maximum Gasteiger partial charge on any atom is 0.406 e. The predicted octanol–water partition coefficient (Wildman–Crippen LogP) is 3.12. The van der Waals surface area contributed by atoms with E-state index in [2.05, 4.69) is 10.3 Å². The molecule has 0 fully saturated rings.